The van der Waals surface area contributed by atoms with Gasteiger partial charge in [0, 0.05) is 16.2 Å². The molecule has 0 unspecified atom stereocenters. The van der Waals surface area contributed by atoms with E-state index in [1.807, 2.05) is 30.3 Å². The van der Waals surface area contributed by atoms with Gasteiger partial charge in [-0.05, 0) is 29.8 Å². The van der Waals surface area contributed by atoms with Gasteiger partial charge in [-0.3, -0.25) is 4.68 Å². The van der Waals surface area contributed by atoms with Crippen LogP contribution in [-0.4, -0.2) is 9.78 Å². The third-order valence-corrected chi connectivity index (χ3v) is 3.61. The third kappa shape index (κ3) is 3.13. The van der Waals surface area contributed by atoms with Gasteiger partial charge in [0.1, 0.15) is 11.5 Å². The van der Waals surface area contributed by atoms with Gasteiger partial charge >= 0.3 is 0 Å². The molecule has 2 aromatic carbocycles. The van der Waals surface area contributed by atoms with Gasteiger partial charge in [0.15, 0.2) is 0 Å². The molecule has 0 aliphatic heterocycles. The largest absolute Gasteiger partial charge is 0.396 e. The van der Waals surface area contributed by atoms with E-state index in [1.54, 1.807) is 16.9 Å². The maximum absolute atomic E-state index is 13.2. The molecule has 0 aliphatic rings. The van der Waals surface area contributed by atoms with Crippen LogP contribution in [0.4, 0.5) is 10.1 Å². The second kappa shape index (κ2) is 5.69. The van der Waals surface area contributed by atoms with Crippen LogP contribution in [0.1, 0.15) is 5.56 Å². The number of nitrogen functional groups attached to an aromatic ring is 1. The number of nitrogens with zero attached hydrogens (tertiary/aromatic N) is 2. The molecular weight excluding hydrogens is 333 g/mol. The molecule has 0 fully saturated rings. The molecule has 0 saturated carbocycles. The van der Waals surface area contributed by atoms with Gasteiger partial charge in [0.25, 0.3) is 0 Å². The minimum Gasteiger partial charge on any atom is -0.396 e. The Hall–Kier alpha value is -2.14. The summed E-state index contributed by atoms with van der Waals surface area (Å²) >= 11 is 3.44. The molecule has 0 spiro atoms. The molecule has 0 radical (unpaired) electrons. The number of hydrogen-bond acceptors (Lipinski definition) is 2. The maximum Gasteiger partial charge on any atom is 0.123 e. The Morgan fingerprint density at radius 2 is 1.95 bits per heavy atom. The van der Waals surface area contributed by atoms with E-state index in [9.17, 15) is 4.39 Å². The molecule has 1 aromatic heterocycles. The van der Waals surface area contributed by atoms with Crippen LogP contribution in [0.2, 0.25) is 0 Å². The van der Waals surface area contributed by atoms with Crippen LogP contribution < -0.4 is 5.73 Å². The molecule has 106 valence electrons. The van der Waals surface area contributed by atoms with Crippen LogP contribution in [-0.2, 0) is 6.54 Å². The van der Waals surface area contributed by atoms with Crippen molar-refractivity contribution >= 4 is 21.6 Å². The molecular formula is C16H13BrFN3. The normalized spacial score (nSPS) is 10.8. The van der Waals surface area contributed by atoms with Gasteiger partial charge in [0.05, 0.1) is 12.2 Å². The standard InChI is InChI=1S/C16H13BrFN3/c17-13-5-2-4-12(8-13)16-15(19)10-21(20-16)9-11-3-1-6-14(18)7-11/h1-8,10H,9,19H2. The van der Waals surface area contributed by atoms with Gasteiger partial charge in [-0.25, -0.2) is 4.39 Å². The molecule has 2 N–H and O–H groups in total. The van der Waals surface area contributed by atoms with Crippen molar-refractivity contribution < 1.29 is 4.39 Å². The second-order valence-corrected chi connectivity index (χ2v) is 5.69. The van der Waals surface area contributed by atoms with E-state index in [2.05, 4.69) is 21.0 Å². The zero-order chi connectivity index (χ0) is 14.8. The molecule has 0 aliphatic carbocycles. The lowest BCUT2D eigenvalue weighted by atomic mass is 10.1. The van der Waals surface area contributed by atoms with E-state index in [4.69, 9.17) is 5.73 Å². The Labute approximate surface area is 130 Å². The SMILES string of the molecule is Nc1cn(Cc2cccc(F)c2)nc1-c1cccc(Br)c1. The monoisotopic (exact) mass is 345 g/mol. The lowest BCUT2D eigenvalue weighted by molar-refractivity contribution is 0.619. The van der Waals surface area contributed by atoms with Crippen molar-refractivity contribution in [3.05, 3.63) is 70.6 Å². The number of benzene rings is 2. The molecule has 5 heteroatoms. The van der Waals surface area contributed by atoms with Crippen molar-refractivity contribution in [3.8, 4) is 11.3 Å². The van der Waals surface area contributed by atoms with E-state index in [0.717, 1.165) is 21.3 Å². The van der Waals surface area contributed by atoms with Crippen molar-refractivity contribution in [2.24, 2.45) is 0 Å². The fourth-order valence-corrected chi connectivity index (χ4v) is 2.60. The molecule has 3 nitrogen and oxygen atoms in total. The molecule has 0 atom stereocenters. The van der Waals surface area contributed by atoms with Crippen LogP contribution in [0, 0.1) is 5.82 Å². The predicted molar refractivity (Wildman–Crippen MR) is 85.3 cm³/mol. The highest BCUT2D eigenvalue weighted by molar-refractivity contribution is 9.10. The smallest absolute Gasteiger partial charge is 0.123 e. The number of aromatic nitrogens is 2. The summed E-state index contributed by atoms with van der Waals surface area (Å²) in [7, 11) is 0. The van der Waals surface area contributed by atoms with E-state index < -0.39 is 0 Å². The van der Waals surface area contributed by atoms with E-state index in [1.165, 1.54) is 12.1 Å². The van der Waals surface area contributed by atoms with Gasteiger partial charge in [0.2, 0.25) is 0 Å². The first-order chi connectivity index (χ1) is 10.1. The highest BCUT2D eigenvalue weighted by Gasteiger charge is 2.09. The fraction of sp³-hybridized carbons (Fsp3) is 0.0625. The molecule has 3 rings (SSSR count). The van der Waals surface area contributed by atoms with Crippen molar-refractivity contribution in [1.29, 1.82) is 0 Å². The molecule has 1 heterocycles. The average molecular weight is 346 g/mol. The molecule has 0 saturated heterocycles. The summed E-state index contributed by atoms with van der Waals surface area (Å²) in [5, 5.41) is 4.49. The predicted octanol–water partition coefficient (Wildman–Crippen LogP) is 4.08. The summed E-state index contributed by atoms with van der Waals surface area (Å²) < 4.78 is 15.9. The van der Waals surface area contributed by atoms with E-state index in [0.29, 0.717) is 12.2 Å². The Bertz CT molecular complexity index is 783. The Morgan fingerprint density at radius 3 is 2.71 bits per heavy atom. The van der Waals surface area contributed by atoms with Crippen LogP contribution in [0.5, 0.6) is 0 Å². The van der Waals surface area contributed by atoms with Crippen molar-refractivity contribution in [3.63, 3.8) is 0 Å². The Balaban J connectivity index is 1.91. The zero-order valence-corrected chi connectivity index (χ0v) is 12.7. The molecule has 3 aromatic rings. The second-order valence-electron chi connectivity index (χ2n) is 4.77. The van der Waals surface area contributed by atoms with Crippen LogP contribution in [0.3, 0.4) is 0 Å². The topological polar surface area (TPSA) is 43.8 Å². The van der Waals surface area contributed by atoms with Gasteiger partial charge in [-0.2, -0.15) is 5.10 Å². The summed E-state index contributed by atoms with van der Waals surface area (Å²) in [5.41, 5.74) is 9.16. The summed E-state index contributed by atoms with van der Waals surface area (Å²) in [6.07, 6.45) is 1.77. The summed E-state index contributed by atoms with van der Waals surface area (Å²) in [4.78, 5) is 0. The number of rotatable bonds is 3. The van der Waals surface area contributed by atoms with Crippen molar-refractivity contribution in [1.82, 2.24) is 9.78 Å². The number of halogens is 2. The first-order valence-electron chi connectivity index (χ1n) is 6.45. The molecule has 21 heavy (non-hydrogen) atoms. The van der Waals surface area contributed by atoms with E-state index >= 15 is 0 Å². The lowest BCUT2D eigenvalue weighted by Gasteiger charge is -2.02. The fourth-order valence-electron chi connectivity index (χ4n) is 2.20. The van der Waals surface area contributed by atoms with Crippen LogP contribution in [0.25, 0.3) is 11.3 Å². The summed E-state index contributed by atoms with van der Waals surface area (Å²) in [6.45, 7) is 0.482. The minimum atomic E-state index is -0.250. The Morgan fingerprint density at radius 1 is 1.14 bits per heavy atom. The molecule has 0 amide bonds. The van der Waals surface area contributed by atoms with Crippen molar-refractivity contribution in [2.75, 3.05) is 5.73 Å². The first kappa shape index (κ1) is 13.8. The summed E-state index contributed by atoms with van der Waals surface area (Å²) in [6, 6.07) is 14.3. The average Bonchev–Trinajstić information content (AvgIpc) is 2.79. The van der Waals surface area contributed by atoms with Crippen molar-refractivity contribution in [2.45, 2.75) is 6.54 Å². The number of hydrogen-bond donors (Lipinski definition) is 1. The third-order valence-electron chi connectivity index (χ3n) is 3.12. The zero-order valence-electron chi connectivity index (χ0n) is 11.1. The van der Waals surface area contributed by atoms with Crippen LogP contribution >= 0.6 is 15.9 Å². The maximum atomic E-state index is 13.2. The summed E-state index contributed by atoms with van der Waals surface area (Å²) in [5.74, 6) is -0.250. The van der Waals surface area contributed by atoms with Gasteiger partial charge in [-0.15, -0.1) is 0 Å². The van der Waals surface area contributed by atoms with Gasteiger partial charge in [-0.1, -0.05) is 40.2 Å². The van der Waals surface area contributed by atoms with Crippen LogP contribution in [0.15, 0.2) is 59.2 Å². The highest BCUT2D eigenvalue weighted by Crippen LogP contribution is 2.26. The van der Waals surface area contributed by atoms with Gasteiger partial charge < -0.3 is 5.73 Å². The first-order valence-corrected chi connectivity index (χ1v) is 7.24. The number of anilines is 1. The highest BCUT2D eigenvalue weighted by atomic mass is 79.9. The molecule has 0 bridgehead atoms. The lowest BCUT2D eigenvalue weighted by Crippen LogP contribution is -2.00. The Kier molecular flexibility index (Phi) is 3.75. The quantitative estimate of drug-likeness (QED) is 0.777. The van der Waals surface area contributed by atoms with E-state index in [-0.39, 0.29) is 5.82 Å². The number of nitrogens with two attached hydrogens (primary N) is 1. The minimum absolute atomic E-state index is 0.250.